The maximum absolute atomic E-state index is 11.0. The van der Waals surface area contributed by atoms with Crippen LogP contribution < -0.4 is 20.1 Å². The van der Waals surface area contributed by atoms with Gasteiger partial charge in [0.25, 0.3) is 0 Å². The Morgan fingerprint density at radius 1 is 1.02 bits per heavy atom. The first kappa shape index (κ1) is 28.2. The number of rotatable bonds is 12. The molecule has 41 heavy (non-hydrogen) atoms. The van der Waals surface area contributed by atoms with Gasteiger partial charge < -0.3 is 44.4 Å². The third kappa shape index (κ3) is 5.87. The predicted octanol–water partition coefficient (Wildman–Crippen LogP) is 3.21. The van der Waals surface area contributed by atoms with Gasteiger partial charge >= 0.3 is 0 Å². The molecule has 6 rings (SSSR count). The number of methoxy groups -OCH3 is 2. The van der Waals surface area contributed by atoms with Crippen molar-refractivity contribution in [1.29, 1.82) is 0 Å². The molecule has 1 aromatic carbocycles. The lowest BCUT2D eigenvalue weighted by Gasteiger charge is -2.39. The summed E-state index contributed by atoms with van der Waals surface area (Å²) in [6.07, 6.45) is 6.72. The molecule has 0 bridgehead atoms. The van der Waals surface area contributed by atoms with Crippen molar-refractivity contribution in [2.45, 2.75) is 82.4 Å². The first-order chi connectivity index (χ1) is 19.9. The number of hydrogen-bond donors (Lipinski definition) is 4. The molecule has 2 aliphatic carbocycles. The highest BCUT2D eigenvalue weighted by atomic mass is 16.9. The standard InChI is InChI=1S/C30H41N5O6/c1-17-40-26(41-17)7-4-18-10-21(11-18)31-15-20-12-24(28(37)27(20)36)35-9-8-23-29(33-16-34-30(23)35)32-14-19-5-6-22(38-2)13-25(19)39-3/h5-6,8-9,13,16-18,20-21,24,26-28,31,36-37H,4,7,10-12,14-15H2,1-3H3,(H,32,33,34)/t17?,18?,20-,21?,24-,26?,27-,28+/m1/s1. The third-order valence-electron chi connectivity index (χ3n) is 8.98. The van der Waals surface area contributed by atoms with Crippen LogP contribution >= 0.6 is 0 Å². The number of benzene rings is 1. The van der Waals surface area contributed by atoms with Gasteiger partial charge in [-0.2, -0.15) is 0 Å². The average Bonchev–Trinajstić information content (AvgIpc) is 3.50. The van der Waals surface area contributed by atoms with Crippen molar-refractivity contribution in [1.82, 2.24) is 19.9 Å². The van der Waals surface area contributed by atoms with E-state index in [0.717, 1.165) is 53.8 Å². The number of hydrogen-bond acceptors (Lipinski definition) is 10. The predicted molar refractivity (Wildman–Crippen MR) is 153 cm³/mol. The lowest BCUT2D eigenvalue weighted by Crippen LogP contribution is -2.45. The van der Waals surface area contributed by atoms with E-state index in [-0.39, 0.29) is 24.5 Å². The van der Waals surface area contributed by atoms with E-state index in [1.807, 2.05) is 42.0 Å². The third-order valence-corrected chi connectivity index (χ3v) is 8.98. The van der Waals surface area contributed by atoms with Gasteiger partial charge in [-0.1, -0.05) is 0 Å². The molecule has 4 atom stereocenters. The molecule has 11 heteroatoms. The number of anilines is 1. The number of fused-ring (bicyclic) bond motifs is 1. The van der Waals surface area contributed by atoms with E-state index in [1.54, 1.807) is 14.2 Å². The van der Waals surface area contributed by atoms with E-state index in [2.05, 4.69) is 20.6 Å². The van der Waals surface area contributed by atoms with Crippen LogP contribution in [-0.4, -0.2) is 76.3 Å². The molecule has 3 fully saturated rings. The first-order valence-electron chi connectivity index (χ1n) is 14.6. The van der Waals surface area contributed by atoms with E-state index in [4.69, 9.17) is 18.9 Å². The summed E-state index contributed by atoms with van der Waals surface area (Å²) in [5.74, 6) is 2.82. The summed E-state index contributed by atoms with van der Waals surface area (Å²) >= 11 is 0. The lowest BCUT2D eigenvalue weighted by atomic mass is 9.77. The van der Waals surface area contributed by atoms with Crippen molar-refractivity contribution < 1.29 is 29.2 Å². The Kier molecular flexibility index (Phi) is 8.32. The van der Waals surface area contributed by atoms with Crippen molar-refractivity contribution in [3.05, 3.63) is 42.4 Å². The van der Waals surface area contributed by atoms with Crippen LogP contribution in [0.1, 0.15) is 50.6 Å². The fourth-order valence-electron chi connectivity index (χ4n) is 6.54. The summed E-state index contributed by atoms with van der Waals surface area (Å²) in [5.41, 5.74) is 1.70. The Hall–Kier alpha value is -2.96. The molecule has 2 saturated carbocycles. The van der Waals surface area contributed by atoms with Gasteiger partial charge in [0.1, 0.15) is 35.4 Å². The minimum Gasteiger partial charge on any atom is -0.497 e. The smallest absolute Gasteiger partial charge is 0.163 e. The summed E-state index contributed by atoms with van der Waals surface area (Å²) in [6.45, 7) is 3.11. The monoisotopic (exact) mass is 567 g/mol. The average molecular weight is 568 g/mol. The molecule has 3 heterocycles. The maximum Gasteiger partial charge on any atom is 0.163 e. The number of nitrogens with zero attached hydrogens (tertiary/aromatic N) is 3. The SMILES string of the molecule is COc1ccc(CNc2ncnc3c2ccn3[C@@H]2C[C@H](CNC3CC(CCC4OC(C)O4)C3)[C@@H](O)[C@H]2O)c(OC)c1. The van der Waals surface area contributed by atoms with E-state index < -0.39 is 12.2 Å². The van der Waals surface area contributed by atoms with Gasteiger partial charge in [0.05, 0.1) is 31.8 Å². The molecule has 0 amide bonds. The zero-order valence-electron chi connectivity index (χ0n) is 23.9. The topological polar surface area (TPSA) is 132 Å². The van der Waals surface area contributed by atoms with Crippen molar-refractivity contribution in [2.24, 2.45) is 11.8 Å². The molecular weight excluding hydrogens is 526 g/mol. The molecule has 0 unspecified atom stereocenters. The van der Waals surface area contributed by atoms with Gasteiger partial charge in [0.15, 0.2) is 12.6 Å². The van der Waals surface area contributed by atoms with E-state index >= 15 is 0 Å². The van der Waals surface area contributed by atoms with Crippen LogP contribution in [0.4, 0.5) is 5.82 Å². The van der Waals surface area contributed by atoms with Crippen LogP contribution in [0.15, 0.2) is 36.8 Å². The van der Waals surface area contributed by atoms with Crippen molar-refractivity contribution in [3.63, 3.8) is 0 Å². The molecular formula is C30H41N5O6. The van der Waals surface area contributed by atoms with Gasteiger partial charge in [-0.15, -0.1) is 0 Å². The Labute approximate surface area is 240 Å². The van der Waals surface area contributed by atoms with Crippen molar-refractivity contribution in [2.75, 3.05) is 26.1 Å². The van der Waals surface area contributed by atoms with Crippen molar-refractivity contribution in [3.8, 4) is 11.5 Å². The summed E-state index contributed by atoms with van der Waals surface area (Å²) in [5, 5.41) is 29.8. The van der Waals surface area contributed by atoms with Gasteiger partial charge in [-0.05, 0) is 63.1 Å². The number of aliphatic hydroxyl groups excluding tert-OH is 2. The molecule has 3 aromatic rings. The second-order valence-corrected chi connectivity index (χ2v) is 11.5. The van der Waals surface area contributed by atoms with Crippen LogP contribution in [0.25, 0.3) is 11.0 Å². The molecule has 3 aliphatic rings. The summed E-state index contributed by atoms with van der Waals surface area (Å²) in [7, 11) is 3.26. The normalized spacial score (nSPS) is 31.0. The summed E-state index contributed by atoms with van der Waals surface area (Å²) in [6, 6.07) is 7.87. The molecule has 11 nitrogen and oxygen atoms in total. The second-order valence-electron chi connectivity index (χ2n) is 11.5. The number of nitrogens with one attached hydrogen (secondary N) is 2. The highest BCUT2D eigenvalue weighted by Crippen LogP contribution is 2.39. The van der Waals surface area contributed by atoms with Crippen LogP contribution in [-0.2, 0) is 16.0 Å². The molecule has 4 N–H and O–H groups in total. The van der Waals surface area contributed by atoms with Gasteiger partial charge in [-0.3, -0.25) is 0 Å². The zero-order valence-corrected chi connectivity index (χ0v) is 23.9. The maximum atomic E-state index is 11.0. The Bertz CT molecular complexity index is 1320. The Morgan fingerprint density at radius 3 is 2.61 bits per heavy atom. The van der Waals surface area contributed by atoms with Gasteiger partial charge in [-0.25, -0.2) is 9.97 Å². The molecule has 1 saturated heterocycles. The number of aromatic nitrogens is 3. The number of ether oxygens (including phenoxy) is 4. The van der Waals surface area contributed by atoms with Crippen LogP contribution in [0, 0.1) is 11.8 Å². The van der Waals surface area contributed by atoms with Crippen molar-refractivity contribution >= 4 is 16.9 Å². The van der Waals surface area contributed by atoms with Gasteiger partial charge in [0.2, 0.25) is 0 Å². The minimum absolute atomic E-state index is 0.0250. The largest absolute Gasteiger partial charge is 0.497 e. The van der Waals surface area contributed by atoms with E-state index in [0.29, 0.717) is 37.3 Å². The van der Waals surface area contributed by atoms with Crippen LogP contribution in [0.3, 0.4) is 0 Å². The quantitative estimate of drug-likeness (QED) is 0.259. The fourth-order valence-corrected chi connectivity index (χ4v) is 6.54. The first-order valence-corrected chi connectivity index (χ1v) is 14.6. The number of aliphatic hydroxyl groups is 2. The molecule has 2 aromatic heterocycles. The van der Waals surface area contributed by atoms with E-state index in [9.17, 15) is 10.2 Å². The zero-order chi connectivity index (χ0) is 28.5. The Balaban J connectivity index is 1.04. The molecule has 0 spiro atoms. The summed E-state index contributed by atoms with van der Waals surface area (Å²) in [4.78, 5) is 9.00. The molecule has 1 aliphatic heterocycles. The van der Waals surface area contributed by atoms with Crippen LogP contribution in [0.5, 0.6) is 11.5 Å². The highest BCUT2D eigenvalue weighted by molar-refractivity contribution is 5.87. The highest BCUT2D eigenvalue weighted by Gasteiger charge is 2.43. The molecule has 0 radical (unpaired) electrons. The Morgan fingerprint density at radius 2 is 1.85 bits per heavy atom. The fraction of sp³-hybridized carbons (Fsp3) is 0.600. The molecule has 222 valence electrons. The van der Waals surface area contributed by atoms with Crippen LogP contribution in [0.2, 0.25) is 0 Å². The van der Waals surface area contributed by atoms with Gasteiger partial charge in [0, 0.05) is 42.9 Å². The lowest BCUT2D eigenvalue weighted by molar-refractivity contribution is -0.378. The second kappa shape index (κ2) is 12.1. The van der Waals surface area contributed by atoms with E-state index in [1.165, 1.54) is 6.33 Å². The minimum atomic E-state index is -0.869. The summed E-state index contributed by atoms with van der Waals surface area (Å²) < 4.78 is 23.9.